The molecule has 0 radical (unpaired) electrons. The number of hydrogen-bond donors (Lipinski definition) is 4. The first kappa shape index (κ1) is 37.3. The lowest BCUT2D eigenvalue weighted by atomic mass is 9.86. The molecule has 0 aliphatic rings. The van der Waals surface area contributed by atoms with Crippen molar-refractivity contribution in [3.8, 4) is 22.6 Å². The molecule has 10 nitrogen and oxygen atoms in total. The Hall–Kier alpha value is -2.91. The number of hydrogen-bond acceptors (Lipinski definition) is 7. The second-order valence-electron chi connectivity index (χ2n) is 12.3. The highest BCUT2D eigenvalue weighted by Crippen LogP contribution is 2.44. The van der Waals surface area contributed by atoms with Gasteiger partial charge >= 0.3 is 19.6 Å². The average Bonchev–Trinajstić information content (AvgIpc) is 2.92. The molecule has 0 aromatic heterocycles. The minimum absolute atomic E-state index is 0.0487. The van der Waals surface area contributed by atoms with Gasteiger partial charge in [-0.2, -0.15) is 0 Å². The molecular formula is C33H51N2O8P. The van der Waals surface area contributed by atoms with E-state index in [4.69, 9.17) is 14.0 Å². The van der Waals surface area contributed by atoms with Crippen molar-refractivity contribution in [2.75, 3.05) is 13.4 Å². The van der Waals surface area contributed by atoms with Gasteiger partial charge in [0.1, 0.15) is 23.6 Å². The van der Waals surface area contributed by atoms with Crippen LogP contribution in [0.4, 0.5) is 0 Å². The van der Waals surface area contributed by atoms with E-state index in [1.807, 2.05) is 12.1 Å². The molecule has 4 N–H and O–H groups in total. The van der Waals surface area contributed by atoms with Crippen LogP contribution in [-0.4, -0.2) is 47.6 Å². The van der Waals surface area contributed by atoms with Crippen LogP contribution in [0.1, 0.15) is 122 Å². The highest BCUT2D eigenvalue weighted by molar-refractivity contribution is 7.54. The summed E-state index contributed by atoms with van der Waals surface area (Å²) < 4.78 is 30.5. The van der Waals surface area contributed by atoms with Gasteiger partial charge in [-0.15, -0.1) is 0 Å². The summed E-state index contributed by atoms with van der Waals surface area (Å²) in [6.07, 6.45) is 0. The zero-order chi connectivity index (χ0) is 33.5. The summed E-state index contributed by atoms with van der Waals surface area (Å²) in [5.74, 6) is -0.607. The molecule has 0 amide bonds. The smallest absolute Gasteiger partial charge is 0.345 e. The Morgan fingerprint density at radius 1 is 0.750 bits per heavy atom. The molecule has 1 unspecified atom stereocenters. The molecule has 0 aliphatic heterocycles. The number of carbonyl (C=O) groups excluding carboxylic acids is 1. The minimum Gasteiger partial charge on any atom is -0.507 e. The van der Waals surface area contributed by atoms with Crippen LogP contribution in [0.5, 0.6) is 11.5 Å². The molecule has 0 fully saturated rings. The lowest BCUT2D eigenvalue weighted by molar-refractivity contribution is -0.144. The number of carbonyl (C=O) groups is 2. The van der Waals surface area contributed by atoms with E-state index in [0.717, 1.165) is 33.4 Å². The molecule has 0 saturated heterocycles. The number of ether oxygens (including phenoxy) is 2. The van der Waals surface area contributed by atoms with Crippen molar-refractivity contribution in [3.05, 3.63) is 46.5 Å². The molecule has 3 atom stereocenters. The predicted molar refractivity (Wildman–Crippen MR) is 174 cm³/mol. The number of nitrogens with one attached hydrogen (secondary N) is 2. The quantitative estimate of drug-likeness (QED) is 0.0827. The molecule has 11 heteroatoms. The summed E-state index contributed by atoms with van der Waals surface area (Å²) in [6.45, 7) is 20.5. The number of benzene rings is 2. The van der Waals surface area contributed by atoms with Crippen LogP contribution in [0.25, 0.3) is 11.1 Å². The van der Waals surface area contributed by atoms with Gasteiger partial charge < -0.3 is 19.7 Å². The summed E-state index contributed by atoms with van der Waals surface area (Å²) in [4.78, 5) is 23.7. The molecule has 0 saturated carbocycles. The monoisotopic (exact) mass is 634 g/mol. The SMILES string of the molecule is CCOC(=O)[C@H](C)NP(=O)(N[C@@H](C)C(=O)O)OCOc1c(C(C)C)cc(-c2cc(C(C)C)c(O)c(C(C)C)c2)cc1C(C)C. The molecule has 44 heavy (non-hydrogen) atoms. The Morgan fingerprint density at radius 3 is 1.55 bits per heavy atom. The standard InChI is InChI=1S/C33H51N2O8P/c1-12-41-33(39)23(11)35-44(40,34-22(10)32(37)38)43-17-42-31-28(20(6)7)15-25(16-29(31)21(8)9)24-13-26(18(2)3)30(36)27(14-24)19(4)5/h13-16,18-23,36H,12,17H2,1-11H3,(H,37,38)(H2,34,35,40)/t22-,23-,44?/m0/s1. The predicted octanol–water partition coefficient (Wildman–Crippen LogP) is 7.62. The van der Waals surface area contributed by atoms with Crippen LogP contribution in [0.15, 0.2) is 24.3 Å². The first-order valence-electron chi connectivity index (χ1n) is 15.3. The van der Waals surface area contributed by atoms with E-state index in [-0.39, 0.29) is 30.3 Å². The normalized spacial score (nSPS) is 14.6. The maximum Gasteiger partial charge on any atom is 0.345 e. The molecule has 2 aromatic rings. The number of rotatable bonds is 16. The summed E-state index contributed by atoms with van der Waals surface area (Å²) in [5, 5.41) is 25.4. The highest BCUT2D eigenvalue weighted by atomic mass is 31.2. The van der Waals surface area contributed by atoms with Gasteiger partial charge in [-0.3, -0.25) is 18.7 Å². The lowest BCUT2D eigenvalue weighted by Crippen LogP contribution is -2.42. The van der Waals surface area contributed by atoms with Crippen LogP contribution in [-0.2, 0) is 23.4 Å². The van der Waals surface area contributed by atoms with E-state index in [1.165, 1.54) is 13.8 Å². The van der Waals surface area contributed by atoms with Gasteiger partial charge in [0, 0.05) is 0 Å². The summed E-state index contributed by atoms with van der Waals surface area (Å²) in [6, 6.07) is 5.94. The average molecular weight is 635 g/mol. The van der Waals surface area contributed by atoms with Gasteiger partial charge in [0.2, 0.25) is 0 Å². The second-order valence-corrected chi connectivity index (χ2v) is 14.2. The zero-order valence-corrected chi connectivity index (χ0v) is 28.9. The maximum absolute atomic E-state index is 13.7. The minimum atomic E-state index is -4.10. The van der Waals surface area contributed by atoms with Crippen molar-refractivity contribution in [2.45, 2.75) is 112 Å². The van der Waals surface area contributed by atoms with E-state index in [1.54, 1.807) is 6.92 Å². The molecule has 0 heterocycles. The molecule has 2 rings (SSSR count). The van der Waals surface area contributed by atoms with Crippen molar-refractivity contribution >= 4 is 19.6 Å². The number of carboxylic acids is 1. The second kappa shape index (κ2) is 15.9. The third-order valence-corrected chi connectivity index (χ3v) is 9.24. The van der Waals surface area contributed by atoms with E-state index < -0.39 is 38.5 Å². The fourth-order valence-corrected chi connectivity index (χ4v) is 6.41. The number of aliphatic carboxylic acids is 1. The van der Waals surface area contributed by atoms with Gasteiger partial charge in [-0.25, -0.2) is 10.2 Å². The number of aromatic hydroxyl groups is 1. The van der Waals surface area contributed by atoms with E-state index in [0.29, 0.717) is 11.5 Å². The molecule has 0 aliphatic carbocycles. The van der Waals surface area contributed by atoms with Crippen molar-refractivity contribution in [1.29, 1.82) is 0 Å². The van der Waals surface area contributed by atoms with Crippen molar-refractivity contribution < 1.29 is 38.4 Å². The fourth-order valence-electron chi connectivity index (χ4n) is 4.75. The van der Waals surface area contributed by atoms with Crippen molar-refractivity contribution in [1.82, 2.24) is 10.2 Å². The number of carboxylic acid groups (broad SMARTS) is 1. The maximum atomic E-state index is 13.7. The van der Waals surface area contributed by atoms with Gasteiger partial charge in [-0.05, 0) is 102 Å². The first-order chi connectivity index (χ1) is 20.4. The van der Waals surface area contributed by atoms with Crippen molar-refractivity contribution in [3.63, 3.8) is 0 Å². The van der Waals surface area contributed by atoms with Crippen LogP contribution in [0, 0.1) is 0 Å². The molecule has 246 valence electrons. The van der Waals surface area contributed by atoms with Gasteiger partial charge in [0.25, 0.3) is 0 Å². The molecule has 2 aromatic carbocycles. The fraction of sp³-hybridized carbons (Fsp3) is 0.576. The molecular weight excluding hydrogens is 583 g/mol. The van der Waals surface area contributed by atoms with E-state index >= 15 is 0 Å². The van der Waals surface area contributed by atoms with Gasteiger partial charge in [0.05, 0.1) is 6.61 Å². The highest BCUT2D eigenvalue weighted by Gasteiger charge is 2.33. The summed E-state index contributed by atoms with van der Waals surface area (Å²) >= 11 is 0. The Balaban J connectivity index is 2.54. The Morgan fingerprint density at radius 2 is 1.16 bits per heavy atom. The van der Waals surface area contributed by atoms with Crippen LogP contribution < -0.4 is 14.9 Å². The molecule has 0 spiro atoms. The van der Waals surface area contributed by atoms with Crippen LogP contribution in [0.2, 0.25) is 0 Å². The number of esters is 1. The third kappa shape index (κ3) is 9.54. The molecule has 0 bridgehead atoms. The van der Waals surface area contributed by atoms with E-state index in [9.17, 15) is 24.4 Å². The zero-order valence-electron chi connectivity index (χ0n) is 28.0. The topological polar surface area (TPSA) is 143 Å². The van der Waals surface area contributed by atoms with Crippen molar-refractivity contribution in [2.24, 2.45) is 0 Å². The summed E-state index contributed by atoms with van der Waals surface area (Å²) in [7, 11) is -4.10. The number of phenolic OH excluding ortho intramolecular Hbond substituents is 1. The first-order valence-corrected chi connectivity index (χ1v) is 16.9. The Kier molecular flexibility index (Phi) is 13.5. The van der Waals surface area contributed by atoms with Crippen LogP contribution >= 0.6 is 7.67 Å². The largest absolute Gasteiger partial charge is 0.507 e. The summed E-state index contributed by atoms with van der Waals surface area (Å²) in [5.41, 5.74) is 5.59. The Bertz CT molecular complexity index is 1300. The Labute approximate surface area is 262 Å². The lowest BCUT2D eigenvalue weighted by Gasteiger charge is -2.26. The number of phenols is 1. The van der Waals surface area contributed by atoms with E-state index in [2.05, 4.69) is 77.7 Å². The van der Waals surface area contributed by atoms with Gasteiger partial charge in [-0.1, -0.05) is 55.4 Å². The van der Waals surface area contributed by atoms with Gasteiger partial charge in [0.15, 0.2) is 6.79 Å². The third-order valence-electron chi connectivity index (χ3n) is 7.31. The van der Waals surface area contributed by atoms with Crippen LogP contribution in [0.3, 0.4) is 0 Å².